The van der Waals surface area contributed by atoms with Crippen LogP contribution in [0.1, 0.15) is 52.0 Å². The number of rotatable bonds is 8. The number of tetrazole rings is 1. The minimum absolute atomic E-state index is 0.227. The molecule has 0 unspecified atom stereocenters. The molecule has 12 heteroatoms. The topological polar surface area (TPSA) is 156 Å². The molecule has 1 aromatic heterocycles. The van der Waals surface area contributed by atoms with Gasteiger partial charge in [-0.25, -0.2) is 9.69 Å². The molecule has 218 valence electrons. The first-order valence-corrected chi connectivity index (χ1v) is 14.5. The summed E-state index contributed by atoms with van der Waals surface area (Å²) in [5.74, 6) is -0.435. The van der Waals surface area contributed by atoms with Gasteiger partial charge in [-0.3, -0.25) is 9.59 Å². The third-order valence-electron chi connectivity index (χ3n) is 6.99. The fourth-order valence-corrected chi connectivity index (χ4v) is 5.14. The van der Waals surface area contributed by atoms with Crippen LogP contribution in [0.3, 0.4) is 0 Å². The summed E-state index contributed by atoms with van der Waals surface area (Å²) in [6.07, 6.45) is 2.54. The average Bonchev–Trinajstić information content (AvgIpc) is 3.48. The number of ether oxygens (including phenoxy) is 1. The van der Waals surface area contributed by atoms with E-state index in [-0.39, 0.29) is 17.7 Å². The number of benzene rings is 2. The average molecular weight is 627 g/mol. The van der Waals surface area contributed by atoms with E-state index in [2.05, 4.69) is 41.9 Å². The summed E-state index contributed by atoms with van der Waals surface area (Å²) in [5, 5.41) is 16.8. The van der Waals surface area contributed by atoms with Gasteiger partial charge in [0, 0.05) is 22.5 Å². The molecule has 1 aliphatic carbocycles. The number of hydrogen-bond acceptors (Lipinski definition) is 8. The lowest BCUT2D eigenvalue weighted by atomic mass is 9.81. The molecule has 1 saturated carbocycles. The molecule has 41 heavy (non-hydrogen) atoms. The van der Waals surface area contributed by atoms with Crippen LogP contribution in [0.4, 0.5) is 10.5 Å². The molecular formula is C29H36BrN7O4. The summed E-state index contributed by atoms with van der Waals surface area (Å²) >= 11 is 3.42. The van der Waals surface area contributed by atoms with E-state index < -0.39 is 23.6 Å². The monoisotopic (exact) mass is 625 g/mol. The van der Waals surface area contributed by atoms with Crippen molar-refractivity contribution >= 4 is 39.5 Å². The van der Waals surface area contributed by atoms with Gasteiger partial charge in [0.2, 0.25) is 11.7 Å². The van der Waals surface area contributed by atoms with Gasteiger partial charge in [0.25, 0.3) is 5.91 Å². The van der Waals surface area contributed by atoms with Crippen LogP contribution in [0.25, 0.3) is 11.4 Å². The molecule has 1 atom stereocenters. The molecule has 0 saturated heterocycles. The quantitative estimate of drug-likeness (QED) is 0.333. The number of carbonyl (C=O) groups excluding carboxylic acids is 3. The van der Waals surface area contributed by atoms with Gasteiger partial charge in [-0.2, -0.15) is 5.21 Å². The number of nitrogens with one attached hydrogen (secondary N) is 2. The van der Waals surface area contributed by atoms with Crippen molar-refractivity contribution < 1.29 is 19.1 Å². The fraction of sp³-hybridized carbons (Fsp3) is 0.448. The molecule has 1 fully saturated rings. The minimum atomic E-state index is -0.911. The lowest BCUT2D eigenvalue weighted by Gasteiger charge is -2.32. The highest BCUT2D eigenvalue weighted by Gasteiger charge is 2.35. The zero-order valence-corrected chi connectivity index (χ0v) is 25.1. The Hall–Kier alpha value is -3.64. The first-order valence-electron chi connectivity index (χ1n) is 13.7. The van der Waals surface area contributed by atoms with Crippen molar-refractivity contribution in [3.63, 3.8) is 0 Å². The van der Waals surface area contributed by atoms with Crippen LogP contribution in [0.15, 0.2) is 53.0 Å². The molecule has 3 amide bonds. The zero-order chi connectivity index (χ0) is 29.6. The van der Waals surface area contributed by atoms with Gasteiger partial charge >= 0.3 is 6.09 Å². The standard InChI is InChI=1S/C29H36BrN7O4/c1-29(2,3)41-28(40)32-17-19-4-8-21(9-5-19)26(38)37(23-14-10-20(11-15-23)25-33-35-36-34-25)27(39)24(31)16-18-6-12-22(30)13-7-18/h6-7,10-15,19,21,24H,4-5,8-9,16-17,31H2,1-3H3,(H,32,40)(H,33,34,35,36)/t19?,21?,24-/m0/s1. The summed E-state index contributed by atoms with van der Waals surface area (Å²) < 4.78 is 6.25. The smallest absolute Gasteiger partial charge is 0.407 e. The first kappa shape index (κ1) is 30.3. The van der Waals surface area contributed by atoms with Crippen molar-refractivity contribution in [3.05, 3.63) is 58.6 Å². The largest absolute Gasteiger partial charge is 0.444 e. The van der Waals surface area contributed by atoms with Crippen molar-refractivity contribution in [1.82, 2.24) is 25.9 Å². The van der Waals surface area contributed by atoms with Gasteiger partial charge in [0.05, 0.1) is 11.7 Å². The number of aromatic amines is 1. The molecule has 4 rings (SSSR count). The van der Waals surface area contributed by atoms with E-state index in [1.54, 1.807) is 24.3 Å². The second-order valence-corrected chi connectivity index (χ2v) is 12.2. The number of anilines is 1. The molecule has 0 bridgehead atoms. The van der Waals surface area contributed by atoms with Crippen LogP contribution >= 0.6 is 15.9 Å². The van der Waals surface area contributed by atoms with E-state index in [1.807, 2.05) is 45.0 Å². The molecular weight excluding hydrogens is 590 g/mol. The van der Waals surface area contributed by atoms with E-state index in [0.717, 1.165) is 22.9 Å². The second-order valence-electron chi connectivity index (χ2n) is 11.3. The summed E-state index contributed by atoms with van der Waals surface area (Å²) in [5.41, 5.74) is 7.86. The van der Waals surface area contributed by atoms with Gasteiger partial charge in [-0.15, -0.1) is 10.2 Å². The highest BCUT2D eigenvalue weighted by Crippen LogP contribution is 2.32. The van der Waals surface area contributed by atoms with E-state index in [0.29, 0.717) is 42.9 Å². The highest BCUT2D eigenvalue weighted by atomic mass is 79.9. The molecule has 1 heterocycles. The summed E-state index contributed by atoms with van der Waals surface area (Å²) in [4.78, 5) is 40.9. The van der Waals surface area contributed by atoms with Gasteiger partial charge in [-0.1, -0.05) is 28.1 Å². The maximum atomic E-state index is 13.9. The summed E-state index contributed by atoms with van der Waals surface area (Å²) in [6, 6.07) is 13.6. The molecule has 0 radical (unpaired) electrons. The molecule has 0 spiro atoms. The molecule has 0 aliphatic heterocycles. The molecule has 3 aromatic rings. The number of nitrogens with zero attached hydrogens (tertiary/aromatic N) is 4. The normalized spacial score (nSPS) is 17.9. The van der Waals surface area contributed by atoms with E-state index >= 15 is 0 Å². The highest BCUT2D eigenvalue weighted by molar-refractivity contribution is 9.10. The molecule has 11 nitrogen and oxygen atoms in total. The van der Waals surface area contributed by atoms with Crippen molar-refractivity contribution in [2.24, 2.45) is 17.6 Å². The second kappa shape index (κ2) is 13.3. The van der Waals surface area contributed by atoms with Crippen LogP contribution < -0.4 is 16.0 Å². The van der Waals surface area contributed by atoms with Gasteiger partial charge < -0.3 is 15.8 Å². The number of H-pyrrole nitrogens is 1. The lowest BCUT2D eigenvalue weighted by Crippen LogP contribution is -2.50. The van der Waals surface area contributed by atoms with Gasteiger partial charge in [0.1, 0.15) is 5.60 Å². The lowest BCUT2D eigenvalue weighted by molar-refractivity contribution is -0.130. The third-order valence-corrected chi connectivity index (χ3v) is 7.51. The number of halogens is 1. The minimum Gasteiger partial charge on any atom is -0.444 e. The first-order chi connectivity index (χ1) is 19.5. The molecule has 1 aliphatic rings. The Bertz CT molecular complexity index is 1320. The Morgan fingerprint density at radius 3 is 2.32 bits per heavy atom. The number of nitrogens with two attached hydrogens (primary N) is 1. The van der Waals surface area contributed by atoms with Crippen molar-refractivity contribution in [2.45, 2.75) is 64.5 Å². The van der Waals surface area contributed by atoms with Crippen LogP contribution in [-0.4, -0.2) is 56.7 Å². The van der Waals surface area contributed by atoms with Crippen molar-refractivity contribution in [1.29, 1.82) is 0 Å². The van der Waals surface area contributed by atoms with Crippen molar-refractivity contribution in [2.75, 3.05) is 11.4 Å². The van der Waals surface area contributed by atoms with Crippen LogP contribution in [0.5, 0.6) is 0 Å². The predicted octanol–water partition coefficient (Wildman–Crippen LogP) is 4.39. The number of alkyl carbamates (subject to hydrolysis) is 1. The zero-order valence-electron chi connectivity index (χ0n) is 23.5. The summed E-state index contributed by atoms with van der Waals surface area (Å²) in [6.45, 7) is 5.94. The Morgan fingerprint density at radius 2 is 1.73 bits per heavy atom. The van der Waals surface area contributed by atoms with Gasteiger partial charge in [0.15, 0.2) is 0 Å². The summed E-state index contributed by atoms with van der Waals surface area (Å²) in [7, 11) is 0. The van der Waals surface area contributed by atoms with E-state index in [4.69, 9.17) is 10.5 Å². The van der Waals surface area contributed by atoms with Crippen molar-refractivity contribution in [3.8, 4) is 11.4 Å². The number of aromatic nitrogens is 4. The third kappa shape index (κ3) is 8.43. The van der Waals surface area contributed by atoms with E-state index in [1.165, 1.54) is 4.90 Å². The van der Waals surface area contributed by atoms with Crippen LogP contribution in [0, 0.1) is 11.8 Å². The van der Waals surface area contributed by atoms with Gasteiger partial charge in [-0.05, 0) is 106 Å². The van der Waals surface area contributed by atoms with Crippen LogP contribution in [-0.2, 0) is 20.7 Å². The maximum absolute atomic E-state index is 13.9. The predicted molar refractivity (Wildman–Crippen MR) is 158 cm³/mol. The number of carbonyl (C=O) groups is 3. The maximum Gasteiger partial charge on any atom is 0.407 e. The molecule has 2 aromatic carbocycles. The molecule has 4 N–H and O–H groups in total. The number of amides is 3. The SMILES string of the molecule is CC(C)(C)OC(=O)NCC1CCC(C(=O)N(C(=O)[C@@H](N)Cc2ccc(Br)cc2)c2ccc(-c3nn[nH]n3)cc2)CC1. The Labute approximate surface area is 247 Å². The van der Waals surface area contributed by atoms with Crippen LogP contribution in [0.2, 0.25) is 0 Å². The fourth-order valence-electron chi connectivity index (χ4n) is 4.87. The Balaban J connectivity index is 1.46. The Morgan fingerprint density at radius 1 is 1.07 bits per heavy atom. The van der Waals surface area contributed by atoms with E-state index in [9.17, 15) is 14.4 Å². The number of imide groups is 1. The Kier molecular flexibility index (Phi) is 9.87. The number of hydrogen-bond donors (Lipinski definition) is 3.